The van der Waals surface area contributed by atoms with E-state index in [1.54, 1.807) is 0 Å². The summed E-state index contributed by atoms with van der Waals surface area (Å²) in [5.41, 5.74) is 0.979. The van der Waals surface area contributed by atoms with E-state index in [1.165, 1.54) is 12.8 Å². The van der Waals surface area contributed by atoms with Crippen LogP contribution in [0.3, 0.4) is 0 Å². The molecule has 1 aromatic rings. The number of likely N-dealkylation sites (tertiary alicyclic amines) is 1. The quantitative estimate of drug-likeness (QED) is 0.929. The molecule has 1 aromatic carbocycles. The molecule has 3 aliphatic rings. The van der Waals surface area contributed by atoms with Gasteiger partial charge in [0.2, 0.25) is 5.91 Å². The van der Waals surface area contributed by atoms with E-state index in [0.717, 1.165) is 44.3 Å². The van der Waals surface area contributed by atoms with Gasteiger partial charge in [-0.15, -0.1) is 0 Å². The van der Waals surface area contributed by atoms with Gasteiger partial charge in [0.25, 0.3) is 5.91 Å². The molecule has 1 heterocycles. The number of carbonyl (C=O) groups excluding carboxylic acids is 2. The van der Waals surface area contributed by atoms with Crippen molar-refractivity contribution in [1.29, 1.82) is 0 Å². The first kappa shape index (κ1) is 14.7. The predicted molar refractivity (Wildman–Crippen MR) is 87.9 cm³/mol. The minimum Gasteiger partial charge on any atom is -0.349 e. The van der Waals surface area contributed by atoms with Crippen LogP contribution >= 0.6 is 0 Å². The van der Waals surface area contributed by atoms with Crippen LogP contribution < -0.4 is 5.32 Å². The Hall–Kier alpha value is -1.84. The Bertz CT molecular complexity index is 601. The van der Waals surface area contributed by atoms with Gasteiger partial charge in [-0.25, -0.2) is 0 Å². The Balaban J connectivity index is 1.27. The molecule has 1 aliphatic heterocycles. The van der Waals surface area contributed by atoms with Gasteiger partial charge < -0.3 is 10.2 Å². The molecule has 1 N–H and O–H groups in total. The maximum atomic E-state index is 12.2. The number of piperidine rings is 1. The van der Waals surface area contributed by atoms with E-state index in [0.29, 0.717) is 11.8 Å². The molecular weight excluding hydrogens is 288 g/mol. The van der Waals surface area contributed by atoms with Crippen molar-refractivity contribution in [3.8, 4) is 0 Å². The van der Waals surface area contributed by atoms with E-state index in [-0.39, 0.29) is 17.4 Å². The van der Waals surface area contributed by atoms with Crippen LogP contribution in [0.2, 0.25) is 0 Å². The van der Waals surface area contributed by atoms with Gasteiger partial charge in [-0.1, -0.05) is 18.2 Å². The molecule has 4 nitrogen and oxygen atoms in total. The summed E-state index contributed by atoms with van der Waals surface area (Å²) in [5, 5.41) is 3.17. The summed E-state index contributed by atoms with van der Waals surface area (Å²) < 4.78 is 0. The lowest BCUT2D eigenvalue weighted by atomic mass is 9.92. The number of rotatable bonds is 4. The smallest absolute Gasteiger partial charge is 0.251 e. The molecule has 1 spiro atoms. The lowest BCUT2D eigenvalue weighted by molar-refractivity contribution is -0.133. The molecule has 0 aromatic heterocycles. The van der Waals surface area contributed by atoms with E-state index < -0.39 is 0 Å². The highest BCUT2D eigenvalue weighted by Crippen LogP contribution is 2.54. The second kappa shape index (κ2) is 5.66. The van der Waals surface area contributed by atoms with Crippen LogP contribution in [0.25, 0.3) is 0 Å². The van der Waals surface area contributed by atoms with E-state index >= 15 is 0 Å². The average molecular weight is 312 g/mol. The molecule has 1 atom stereocenters. The molecule has 23 heavy (non-hydrogen) atoms. The zero-order valence-corrected chi connectivity index (χ0v) is 13.5. The molecule has 0 bridgehead atoms. The number of hydrogen-bond acceptors (Lipinski definition) is 2. The van der Waals surface area contributed by atoms with Gasteiger partial charge in [-0.3, -0.25) is 9.59 Å². The first-order valence-electron chi connectivity index (χ1n) is 8.80. The molecule has 3 fully saturated rings. The summed E-state index contributed by atoms with van der Waals surface area (Å²) in [6, 6.07) is 9.69. The summed E-state index contributed by atoms with van der Waals surface area (Å²) in [6.45, 7) is 1.73. The van der Waals surface area contributed by atoms with E-state index in [2.05, 4.69) is 5.32 Å². The monoisotopic (exact) mass is 312 g/mol. The zero-order chi connectivity index (χ0) is 15.9. The van der Waals surface area contributed by atoms with Crippen LogP contribution in [0.5, 0.6) is 0 Å². The number of nitrogens with zero attached hydrogens (tertiary/aromatic N) is 1. The van der Waals surface area contributed by atoms with Crippen LogP contribution in [0.1, 0.15) is 48.9 Å². The van der Waals surface area contributed by atoms with E-state index in [1.807, 2.05) is 35.2 Å². The maximum absolute atomic E-state index is 12.2. The van der Waals surface area contributed by atoms with Crippen molar-refractivity contribution < 1.29 is 9.59 Å². The normalized spacial score (nSPS) is 25.2. The van der Waals surface area contributed by atoms with Crippen LogP contribution in [0.15, 0.2) is 30.3 Å². The molecule has 4 heteroatoms. The van der Waals surface area contributed by atoms with Crippen molar-refractivity contribution in [2.24, 2.45) is 11.3 Å². The first-order valence-corrected chi connectivity index (χ1v) is 8.80. The van der Waals surface area contributed by atoms with Crippen molar-refractivity contribution in [2.45, 2.75) is 44.6 Å². The molecular formula is C19H24N2O2. The molecule has 2 saturated carbocycles. The number of amides is 2. The second-order valence-electron chi connectivity index (χ2n) is 7.49. The number of carbonyl (C=O) groups is 2. The Kier molecular flexibility index (Phi) is 3.63. The van der Waals surface area contributed by atoms with Crippen LogP contribution in [-0.4, -0.2) is 35.8 Å². The summed E-state index contributed by atoms with van der Waals surface area (Å²) in [5.74, 6) is 1.03. The van der Waals surface area contributed by atoms with E-state index in [9.17, 15) is 9.59 Å². The van der Waals surface area contributed by atoms with Crippen molar-refractivity contribution in [1.82, 2.24) is 10.2 Å². The third-order valence-electron chi connectivity index (χ3n) is 5.80. The Morgan fingerprint density at radius 3 is 2.48 bits per heavy atom. The molecule has 1 unspecified atom stereocenters. The average Bonchev–Trinajstić information content (AvgIpc) is 3.49. The number of hydrogen-bond donors (Lipinski definition) is 1. The van der Waals surface area contributed by atoms with Gasteiger partial charge in [0, 0.05) is 31.1 Å². The van der Waals surface area contributed by atoms with Crippen molar-refractivity contribution >= 4 is 11.8 Å². The fourth-order valence-electron chi connectivity index (χ4n) is 3.83. The largest absolute Gasteiger partial charge is 0.349 e. The molecule has 0 radical (unpaired) electrons. The minimum atomic E-state index is 0.0275. The summed E-state index contributed by atoms with van der Waals surface area (Å²) >= 11 is 0. The molecule has 4 rings (SSSR count). The SMILES string of the molecule is O=C(NC1CC12CCN(C(=O)CC1CC1)CC2)c1ccccc1. The fourth-order valence-corrected chi connectivity index (χ4v) is 3.83. The third kappa shape index (κ3) is 3.12. The minimum absolute atomic E-state index is 0.0275. The van der Waals surface area contributed by atoms with E-state index in [4.69, 9.17) is 0 Å². The van der Waals surface area contributed by atoms with Crippen LogP contribution in [0, 0.1) is 11.3 Å². The lowest BCUT2D eigenvalue weighted by Crippen LogP contribution is -2.41. The highest BCUT2D eigenvalue weighted by molar-refractivity contribution is 5.94. The van der Waals surface area contributed by atoms with Gasteiger partial charge in [-0.05, 0) is 55.6 Å². The Labute approximate surface area is 137 Å². The van der Waals surface area contributed by atoms with Gasteiger partial charge in [0.1, 0.15) is 0 Å². The van der Waals surface area contributed by atoms with Crippen LogP contribution in [-0.2, 0) is 4.79 Å². The van der Waals surface area contributed by atoms with Crippen molar-refractivity contribution in [3.05, 3.63) is 35.9 Å². The molecule has 2 aliphatic carbocycles. The Morgan fingerprint density at radius 1 is 1.13 bits per heavy atom. The summed E-state index contributed by atoms with van der Waals surface area (Å²) in [7, 11) is 0. The lowest BCUT2D eigenvalue weighted by Gasteiger charge is -2.33. The van der Waals surface area contributed by atoms with Crippen LogP contribution in [0.4, 0.5) is 0 Å². The second-order valence-corrected chi connectivity index (χ2v) is 7.49. The molecule has 122 valence electrons. The zero-order valence-electron chi connectivity index (χ0n) is 13.5. The predicted octanol–water partition coefficient (Wildman–Crippen LogP) is 2.60. The highest BCUT2D eigenvalue weighted by atomic mass is 16.2. The molecule has 2 amide bonds. The highest BCUT2D eigenvalue weighted by Gasteiger charge is 2.55. The van der Waals surface area contributed by atoms with Gasteiger partial charge >= 0.3 is 0 Å². The van der Waals surface area contributed by atoms with Gasteiger partial charge in [-0.2, -0.15) is 0 Å². The third-order valence-corrected chi connectivity index (χ3v) is 5.80. The number of nitrogens with one attached hydrogen (secondary N) is 1. The molecule has 1 saturated heterocycles. The van der Waals surface area contributed by atoms with Gasteiger partial charge in [0.15, 0.2) is 0 Å². The van der Waals surface area contributed by atoms with Gasteiger partial charge in [0.05, 0.1) is 0 Å². The standard InChI is InChI=1S/C19H24N2O2/c22-17(12-14-6-7-14)21-10-8-19(9-11-21)13-16(19)20-18(23)15-4-2-1-3-5-15/h1-5,14,16H,6-13H2,(H,20,23). The Morgan fingerprint density at radius 2 is 1.83 bits per heavy atom. The summed E-state index contributed by atoms with van der Waals surface area (Å²) in [6.07, 6.45) is 6.35. The fraction of sp³-hybridized carbons (Fsp3) is 0.579. The maximum Gasteiger partial charge on any atom is 0.251 e. The first-order chi connectivity index (χ1) is 11.2. The number of benzene rings is 1. The van der Waals surface area contributed by atoms with Crippen molar-refractivity contribution in [3.63, 3.8) is 0 Å². The topological polar surface area (TPSA) is 49.4 Å². The van der Waals surface area contributed by atoms with Crippen molar-refractivity contribution in [2.75, 3.05) is 13.1 Å². The summed E-state index contributed by atoms with van der Waals surface area (Å²) in [4.78, 5) is 26.5.